The molecule has 5 heteroatoms. The molecular formula is C10H9N5. The third-order valence-corrected chi connectivity index (χ3v) is 2.06. The van der Waals surface area contributed by atoms with Crippen LogP contribution in [-0.2, 0) is 6.42 Å². The smallest absolute Gasteiger partial charge is 0.182 e. The average Bonchev–Trinajstić information content (AvgIpc) is 2.68. The van der Waals surface area contributed by atoms with E-state index in [1.165, 1.54) is 0 Å². The summed E-state index contributed by atoms with van der Waals surface area (Å²) in [5.41, 5.74) is 1.95. The van der Waals surface area contributed by atoms with Crippen molar-refractivity contribution in [2.24, 2.45) is 0 Å². The number of rotatable bonds is 2. The van der Waals surface area contributed by atoms with Gasteiger partial charge in [-0.2, -0.15) is 10.4 Å². The van der Waals surface area contributed by atoms with Crippen LogP contribution in [0.2, 0.25) is 0 Å². The van der Waals surface area contributed by atoms with Gasteiger partial charge in [0.25, 0.3) is 0 Å². The molecule has 0 saturated heterocycles. The lowest BCUT2D eigenvalue weighted by molar-refractivity contribution is 0.995. The summed E-state index contributed by atoms with van der Waals surface area (Å²) in [4.78, 5) is 8.22. The number of nitriles is 1. The lowest BCUT2D eigenvalue weighted by atomic mass is 10.1. The first-order valence-electron chi connectivity index (χ1n) is 4.50. The van der Waals surface area contributed by atoms with Crippen LogP contribution in [0.15, 0.2) is 18.5 Å². The van der Waals surface area contributed by atoms with Crippen molar-refractivity contribution >= 4 is 0 Å². The minimum atomic E-state index is 0.242. The highest BCUT2D eigenvalue weighted by Crippen LogP contribution is 2.17. The van der Waals surface area contributed by atoms with E-state index in [1.54, 1.807) is 12.4 Å². The number of aromatic nitrogens is 4. The van der Waals surface area contributed by atoms with Crippen molar-refractivity contribution in [3.63, 3.8) is 0 Å². The summed E-state index contributed by atoms with van der Waals surface area (Å²) in [5, 5.41) is 15.3. The summed E-state index contributed by atoms with van der Waals surface area (Å²) in [5.74, 6) is 1.17. The van der Waals surface area contributed by atoms with Gasteiger partial charge in [-0.05, 0) is 18.6 Å². The molecule has 2 rings (SSSR count). The van der Waals surface area contributed by atoms with Crippen LogP contribution >= 0.6 is 0 Å². The van der Waals surface area contributed by atoms with E-state index in [0.717, 1.165) is 11.1 Å². The van der Waals surface area contributed by atoms with Crippen molar-refractivity contribution in [1.29, 1.82) is 5.26 Å². The highest BCUT2D eigenvalue weighted by molar-refractivity contribution is 5.57. The third kappa shape index (κ3) is 1.83. The van der Waals surface area contributed by atoms with Crippen LogP contribution in [0.4, 0.5) is 0 Å². The molecule has 0 aliphatic heterocycles. The normalized spacial score (nSPS) is 9.87. The summed E-state index contributed by atoms with van der Waals surface area (Å²) in [6.45, 7) is 1.97. The number of nitrogens with zero attached hydrogens (tertiary/aromatic N) is 4. The van der Waals surface area contributed by atoms with Crippen molar-refractivity contribution in [2.45, 2.75) is 13.3 Å². The van der Waals surface area contributed by atoms with E-state index in [9.17, 15) is 0 Å². The largest absolute Gasteiger partial charge is 0.264 e. The number of H-pyrrole nitrogens is 1. The minimum absolute atomic E-state index is 0.242. The van der Waals surface area contributed by atoms with E-state index in [-0.39, 0.29) is 6.42 Å². The molecule has 2 aromatic heterocycles. The standard InChI is InChI=1S/C10H9N5/c1-7-3-5-12-6-8(7)10-13-9(2-4-11)14-15-10/h3,5-6H,2H2,1H3,(H,13,14,15). The molecule has 0 saturated carbocycles. The molecule has 0 unspecified atom stereocenters. The molecule has 2 heterocycles. The van der Waals surface area contributed by atoms with Gasteiger partial charge >= 0.3 is 0 Å². The lowest BCUT2D eigenvalue weighted by Gasteiger charge is -1.97. The van der Waals surface area contributed by atoms with E-state index in [2.05, 4.69) is 20.2 Å². The molecular weight excluding hydrogens is 190 g/mol. The molecule has 0 bridgehead atoms. The maximum absolute atomic E-state index is 8.50. The average molecular weight is 199 g/mol. The Hall–Kier alpha value is -2.22. The molecule has 0 amide bonds. The van der Waals surface area contributed by atoms with Crippen LogP contribution in [0.5, 0.6) is 0 Å². The number of pyridine rings is 1. The van der Waals surface area contributed by atoms with Crippen molar-refractivity contribution in [1.82, 2.24) is 20.2 Å². The Morgan fingerprint density at radius 1 is 1.53 bits per heavy atom. The zero-order valence-electron chi connectivity index (χ0n) is 8.23. The number of nitrogens with one attached hydrogen (secondary N) is 1. The molecule has 0 spiro atoms. The number of hydrogen-bond donors (Lipinski definition) is 1. The second-order valence-corrected chi connectivity index (χ2v) is 3.13. The SMILES string of the molecule is Cc1ccncc1-c1n[nH]c(CC#N)n1. The molecule has 0 fully saturated rings. The number of aromatic amines is 1. The topological polar surface area (TPSA) is 78.2 Å². The third-order valence-electron chi connectivity index (χ3n) is 2.06. The Labute approximate surface area is 86.8 Å². The van der Waals surface area contributed by atoms with Gasteiger partial charge in [0.05, 0.1) is 12.5 Å². The summed E-state index contributed by atoms with van der Waals surface area (Å²) >= 11 is 0. The quantitative estimate of drug-likeness (QED) is 0.789. The second kappa shape index (κ2) is 3.88. The van der Waals surface area contributed by atoms with Gasteiger partial charge < -0.3 is 0 Å². The molecule has 0 aromatic carbocycles. The Balaban J connectivity index is 2.38. The maximum Gasteiger partial charge on any atom is 0.182 e. The van der Waals surface area contributed by atoms with E-state index in [4.69, 9.17) is 5.26 Å². The van der Waals surface area contributed by atoms with Gasteiger partial charge in [0, 0.05) is 18.0 Å². The van der Waals surface area contributed by atoms with Gasteiger partial charge in [-0.3, -0.25) is 10.1 Å². The molecule has 0 atom stereocenters. The second-order valence-electron chi connectivity index (χ2n) is 3.13. The van der Waals surface area contributed by atoms with Crippen LogP contribution in [0.1, 0.15) is 11.4 Å². The van der Waals surface area contributed by atoms with Gasteiger partial charge in [0.1, 0.15) is 5.82 Å². The van der Waals surface area contributed by atoms with Crippen LogP contribution in [0, 0.1) is 18.3 Å². The molecule has 0 aliphatic rings. The van der Waals surface area contributed by atoms with Crippen molar-refractivity contribution in [3.8, 4) is 17.5 Å². The van der Waals surface area contributed by atoms with E-state index < -0.39 is 0 Å². The van der Waals surface area contributed by atoms with E-state index >= 15 is 0 Å². The molecule has 0 aliphatic carbocycles. The van der Waals surface area contributed by atoms with Gasteiger partial charge in [0.2, 0.25) is 0 Å². The van der Waals surface area contributed by atoms with Crippen LogP contribution in [0.3, 0.4) is 0 Å². The summed E-state index contributed by atoms with van der Waals surface area (Å²) in [7, 11) is 0. The Morgan fingerprint density at radius 3 is 3.13 bits per heavy atom. The Kier molecular flexibility index (Phi) is 2.42. The first-order valence-corrected chi connectivity index (χ1v) is 4.50. The fraction of sp³-hybridized carbons (Fsp3) is 0.200. The van der Waals surface area contributed by atoms with Crippen molar-refractivity contribution < 1.29 is 0 Å². The van der Waals surface area contributed by atoms with E-state index in [1.807, 2.05) is 19.1 Å². The monoisotopic (exact) mass is 199 g/mol. The predicted octanol–water partition coefficient (Wildman–Crippen LogP) is 1.24. The maximum atomic E-state index is 8.50. The van der Waals surface area contributed by atoms with E-state index in [0.29, 0.717) is 11.6 Å². The molecule has 2 aromatic rings. The van der Waals surface area contributed by atoms with Gasteiger partial charge in [-0.25, -0.2) is 4.98 Å². The lowest BCUT2D eigenvalue weighted by Crippen LogP contribution is -1.87. The van der Waals surface area contributed by atoms with Gasteiger partial charge in [-0.15, -0.1) is 0 Å². The molecule has 1 N–H and O–H groups in total. The molecule has 0 radical (unpaired) electrons. The molecule has 74 valence electrons. The highest BCUT2D eigenvalue weighted by atomic mass is 15.2. The first kappa shape index (κ1) is 9.34. The van der Waals surface area contributed by atoms with Gasteiger partial charge in [0.15, 0.2) is 5.82 Å². The zero-order chi connectivity index (χ0) is 10.7. The summed E-state index contributed by atoms with van der Waals surface area (Å²) < 4.78 is 0. The van der Waals surface area contributed by atoms with Crippen LogP contribution in [-0.4, -0.2) is 20.2 Å². The molecule has 15 heavy (non-hydrogen) atoms. The summed E-state index contributed by atoms with van der Waals surface area (Å²) in [6.07, 6.45) is 3.68. The highest BCUT2D eigenvalue weighted by Gasteiger charge is 2.07. The first-order chi connectivity index (χ1) is 7.31. The van der Waals surface area contributed by atoms with Crippen LogP contribution < -0.4 is 0 Å². The van der Waals surface area contributed by atoms with Crippen LogP contribution in [0.25, 0.3) is 11.4 Å². The Bertz CT molecular complexity index is 509. The fourth-order valence-electron chi connectivity index (χ4n) is 1.27. The van der Waals surface area contributed by atoms with Gasteiger partial charge in [-0.1, -0.05) is 0 Å². The van der Waals surface area contributed by atoms with Crippen molar-refractivity contribution in [3.05, 3.63) is 29.8 Å². The zero-order valence-corrected chi connectivity index (χ0v) is 8.23. The number of aryl methyl sites for hydroxylation is 1. The summed E-state index contributed by atoms with van der Waals surface area (Å²) in [6, 6.07) is 3.91. The predicted molar refractivity (Wildman–Crippen MR) is 53.7 cm³/mol. The Morgan fingerprint density at radius 2 is 2.40 bits per heavy atom. The minimum Gasteiger partial charge on any atom is -0.264 e. The fourth-order valence-corrected chi connectivity index (χ4v) is 1.27. The van der Waals surface area contributed by atoms with Crippen molar-refractivity contribution in [2.75, 3.05) is 0 Å². The molecule has 5 nitrogen and oxygen atoms in total. The number of hydrogen-bond acceptors (Lipinski definition) is 4.